The molecule has 1 amide bonds. The van der Waals surface area contributed by atoms with Gasteiger partial charge >= 0.3 is 0 Å². The summed E-state index contributed by atoms with van der Waals surface area (Å²) in [6.07, 6.45) is 12.8. The second kappa shape index (κ2) is 8.30. The van der Waals surface area contributed by atoms with Crippen molar-refractivity contribution in [1.82, 2.24) is 15.5 Å². The van der Waals surface area contributed by atoms with Gasteiger partial charge in [-0.05, 0) is 64.1 Å². The lowest BCUT2D eigenvalue weighted by Crippen LogP contribution is -2.46. The first-order valence-corrected chi connectivity index (χ1v) is 9.56. The summed E-state index contributed by atoms with van der Waals surface area (Å²) in [5.74, 6) is 1.09. The molecular formula is C18H33N3O. The Labute approximate surface area is 135 Å². The minimum atomic E-state index is 0.254. The first kappa shape index (κ1) is 16.3. The van der Waals surface area contributed by atoms with Gasteiger partial charge in [0.15, 0.2) is 0 Å². The normalized spacial score (nSPS) is 29.4. The van der Waals surface area contributed by atoms with Crippen molar-refractivity contribution in [3.8, 4) is 0 Å². The Bertz CT molecular complexity index is 338. The average Bonchev–Trinajstić information content (AvgIpc) is 2.94. The van der Waals surface area contributed by atoms with Crippen LogP contribution in [0.15, 0.2) is 0 Å². The smallest absolute Gasteiger partial charge is 0.234 e. The lowest BCUT2D eigenvalue weighted by Gasteiger charge is -2.34. The van der Waals surface area contributed by atoms with Crippen molar-refractivity contribution in [2.75, 3.05) is 26.2 Å². The highest BCUT2D eigenvalue weighted by Crippen LogP contribution is 2.25. The Morgan fingerprint density at radius 3 is 2.32 bits per heavy atom. The van der Waals surface area contributed by atoms with E-state index in [-0.39, 0.29) is 5.91 Å². The number of carbonyl (C=O) groups is 1. The zero-order valence-electron chi connectivity index (χ0n) is 14.0. The number of amides is 1. The van der Waals surface area contributed by atoms with E-state index in [9.17, 15) is 4.79 Å². The number of nitrogens with zero attached hydrogens (tertiary/aromatic N) is 1. The second-order valence-corrected chi connectivity index (χ2v) is 7.57. The molecule has 0 aromatic heterocycles. The zero-order chi connectivity index (χ0) is 15.2. The maximum atomic E-state index is 12.3. The van der Waals surface area contributed by atoms with Crippen molar-refractivity contribution in [2.24, 2.45) is 5.92 Å². The summed E-state index contributed by atoms with van der Waals surface area (Å²) < 4.78 is 0. The highest BCUT2D eigenvalue weighted by atomic mass is 16.2. The number of likely N-dealkylation sites (tertiary alicyclic amines) is 1. The van der Waals surface area contributed by atoms with Crippen LogP contribution in [0.5, 0.6) is 0 Å². The van der Waals surface area contributed by atoms with E-state index in [1.807, 2.05) is 0 Å². The molecule has 4 nitrogen and oxygen atoms in total. The number of hydrogen-bond acceptors (Lipinski definition) is 3. The molecule has 0 spiro atoms. The molecule has 2 heterocycles. The summed E-state index contributed by atoms with van der Waals surface area (Å²) in [5.41, 5.74) is 0. The van der Waals surface area contributed by atoms with Crippen LogP contribution in [0.4, 0.5) is 0 Å². The lowest BCUT2D eigenvalue weighted by molar-refractivity contribution is -0.123. The van der Waals surface area contributed by atoms with Gasteiger partial charge in [0.2, 0.25) is 5.91 Å². The van der Waals surface area contributed by atoms with E-state index in [0.717, 1.165) is 25.0 Å². The van der Waals surface area contributed by atoms with Crippen LogP contribution in [-0.4, -0.2) is 49.1 Å². The van der Waals surface area contributed by atoms with Crippen LogP contribution in [0.2, 0.25) is 0 Å². The molecule has 1 unspecified atom stereocenters. The zero-order valence-corrected chi connectivity index (χ0v) is 14.0. The summed E-state index contributed by atoms with van der Waals surface area (Å²) >= 11 is 0. The topological polar surface area (TPSA) is 44.4 Å². The van der Waals surface area contributed by atoms with E-state index < -0.39 is 0 Å². The van der Waals surface area contributed by atoms with Gasteiger partial charge in [-0.2, -0.15) is 0 Å². The molecule has 3 rings (SSSR count). The molecule has 0 bridgehead atoms. The predicted octanol–water partition coefficient (Wildman–Crippen LogP) is 2.29. The first-order chi connectivity index (χ1) is 10.8. The first-order valence-electron chi connectivity index (χ1n) is 9.56. The molecule has 1 saturated carbocycles. The van der Waals surface area contributed by atoms with Crippen molar-refractivity contribution >= 4 is 5.91 Å². The van der Waals surface area contributed by atoms with Crippen LogP contribution in [0.1, 0.15) is 64.2 Å². The lowest BCUT2D eigenvalue weighted by atomic mass is 9.88. The number of hydrogen-bond donors (Lipinski definition) is 2. The standard InChI is InChI=1S/C18H33N3O/c22-18(20-16-6-3-1-2-4-7-16)14-21-12-9-15(10-13-21)17-8-5-11-19-17/h15-17,19H,1-14H2,(H,20,22). The summed E-state index contributed by atoms with van der Waals surface area (Å²) in [7, 11) is 0. The monoisotopic (exact) mass is 307 g/mol. The Hall–Kier alpha value is -0.610. The number of nitrogens with one attached hydrogen (secondary N) is 2. The number of carbonyl (C=O) groups excluding carboxylic acids is 1. The van der Waals surface area contributed by atoms with Crippen LogP contribution >= 0.6 is 0 Å². The molecule has 126 valence electrons. The van der Waals surface area contributed by atoms with Crippen molar-refractivity contribution in [3.63, 3.8) is 0 Å². The fourth-order valence-electron chi connectivity index (χ4n) is 4.53. The van der Waals surface area contributed by atoms with Crippen LogP contribution in [-0.2, 0) is 4.79 Å². The quantitative estimate of drug-likeness (QED) is 0.783. The second-order valence-electron chi connectivity index (χ2n) is 7.57. The summed E-state index contributed by atoms with van der Waals surface area (Å²) in [6, 6.07) is 1.19. The van der Waals surface area contributed by atoms with Crippen LogP contribution < -0.4 is 10.6 Å². The Balaban J connectivity index is 1.35. The Morgan fingerprint density at radius 1 is 0.955 bits per heavy atom. The molecular weight excluding hydrogens is 274 g/mol. The maximum Gasteiger partial charge on any atom is 0.234 e. The molecule has 0 radical (unpaired) electrons. The third-order valence-corrected chi connectivity index (χ3v) is 5.89. The van der Waals surface area contributed by atoms with E-state index in [2.05, 4.69) is 15.5 Å². The van der Waals surface area contributed by atoms with Gasteiger partial charge in [-0.1, -0.05) is 25.7 Å². The number of rotatable bonds is 4. The molecule has 1 atom stereocenters. The van der Waals surface area contributed by atoms with Crippen molar-refractivity contribution in [1.29, 1.82) is 0 Å². The van der Waals surface area contributed by atoms with Crippen molar-refractivity contribution in [3.05, 3.63) is 0 Å². The summed E-state index contributed by atoms with van der Waals surface area (Å²) in [6.45, 7) is 4.01. The minimum Gasteiger partial charge on any atom is -0.352 e. The highest BCUT2D eigenvalue weighted by Gasteiger charge is 2.29. The molecule has 2 saturated heterocycles. The van der Waals surface area contributed by atoms with E-state index >= 15 is 0 Å². The summed E-state index contributed by atoms with van der Waals surface area (Å²) in [4.78, 5) is 14.6. The van der Waals surface area contributed by atoms with Gasteiger partial charge in [-0.25, -0.2) is 0 Å². The molecule has 0 aromatic rings. The van der Waals surface area contributed by atoms with Crippen molar-refractivity contribution in [2.45, 2.75) is 76.3 Å². The SMILES string of the molecule is O=C(CN1CCC(C2CCCN2)CC1)NC1CCCCCC1. The fourth-order valence-corrected chi connectivity index (χ4v) is 4.53. The van der Waals surface area contributed by atoms with Crippen LogP contribution in [0.25, 0.3) is 0 Å². The molecule has 3 fully saturated rings. The Kier molecular flexibility index (Phi) is 6.13. The molecule has 1 aliphatic carbocycles. The molecule has 0 aromatic carbocycles. The molecule has 4 heteroatoms. The van der Waals surface area contributed by atoms with Crippen molar-refractivity contribution < 1.29 is 4.79 Å². The molecule has 3 aliphatic rings. The average molecular weight is 307 g/mol. The highest BCUT2D eigenvalue weighted by molar-refractivity contribution is 5.78. The molecule has 2 aliphatic heterocycles. The third-order valence-electron chi connectivity index (χ3n) is 5.89. The molecule has 2 N–H and O–H groups in total. The third kappa shape index (κ3) is 4.69. The fraction of sp³-hybridized carbons (Fsp3) is 0.944. The number of piperidine rings is 1. The van der Waals surface area contributed by atoms with Crippen LogP contribution in [0.3, 0.4) is 0 Å². The predicted molar refractivity (Wildman–Crippen MR) is 89.8 cm³/mol. The van der Waals surface area contributed by atoms with Crippen LogP contribution in [0, 0.1) is 5.92 Å². The minimum absolute atomic E-state index is 0.254. The Morgan fingerprint density at radius 2 is 1.68 bits per heavy atom. The van der Waals surface area contributed by atoms with E-state index in [1.54, 1.807) is 0 Å². The van der Waals surface area contributed by atoms with Gasteiger partial charge < -0.3 is 10.6 Å². The van der Waals surface area contributed by atoms with Gasteiger partial charge in [0, 0.05) is 12.1 Å². The maximum absolute atomic E-state index is 12.3. The van der Waals surface area contributed by atoms with Gasteiger partial charge in [0.1, 0.15) is 0 Å². The van der Waals surface area contributed by atoms with E-state index in [1.165, 1.54) is 70.8 Å². The van der Waals surface area contributed by atoms with Gasteiger partial charge in [0.05, 0.1) is 6.54 Å². The van der Waals surface area contributed by atoms with Gasteiger partial charge in [0.25, 0.3) is 0 Å². The van der Waals surface area contributed by atoms with E-state index in [0.29, 0.717) is 12.6 Å². The largest absolute Gasteiger partial charge is 0.352 e. The summed E-state index contributed by atoms with van der Waals surface area (Å²) in [5, 5.41) is 6.92. The van der Waals surface area contributed by atoms with E-state index in [4.69, 9.17) is 0 Å². The van der Waals surface area contributed by atoms with Gasteiger partial charge in [-0.3, -0.25) is 9.69 Å². The molecule has 22 heavy (non-hydrogen) atoms. The van der Waals surface area contributed by atoms with Gasteiger partial charge in [-0.15, -0.1) is 0 Å².